The van der Waals surface area contributed by atoms with Crippen molar-refractivity contribution in [3.05, 3.63) is 47.4 Å². The molecule has 1 saturated carbocycles. The number of carbonyl (C=O) groups is 1. The van der Waals surface area contributed by atoms with Gasteiger partial charge in [-0.25, -0.2) is 4.98 Å². The minimum Gasteiger partial charge on any atom is -0.375 e. The first-order valence-electron chi connectivity index (χ1n) is 11.9. The highest BCUT2D eigenvalue weighted by atomic mass is 16.5. The molecule has 0 spiro atoms. The van der Waals surface area contributed by atoms with Crippen LogP contribution in [0, 0.1) is 28.6 Å². The molecule has 2 fully saturated rings. The van der Waals surface area contributed by atoms with Gasteiger partial charge in [0.15, 0.2) is 0 Å². The molecule has 1 unspecified atom stereocenters. The van der Waals surface area contributed by atoms with Gasteiger partial charge in [0, 0.05) is 50.0 Å². The van der Waals surface area contributed by atoms with Crippen LogP contribution < -0.4 is 4.90 Å². The van der Waals surface area contributed by atoms with Gasteiger partial charge >= 0.3 is 0 Å². The maximum atomic E-state index is 12.6. The van der Waals surface area contributed by atoms with Gasteiger partial charge in [-0.15, -0.1) is 0 Å². The molecule has 180 valence electrons. The Morgan fingerprint density at radius 3 is 2.57 bits per heavy atom. The summed E-state index contributed by atoms with van der Waals surface area (Å²) in [6.07, 6.45) is 5.25. The average Bonchev–Trinajstić information content (AvgIpc) is 3.72. The zero-order chi connectivity index (χ0) is 25.1. The number of anilines is 1. The van der Waals surface area contributed by atoms with Gasteiger partial charge in [0.25, 0.3) is 0 Å². The van der Waals surface area contributed by atoms with Crippen LogP contribution in [-0.4, -0.2) is 60.2 Å². The lowest BCUT2D eigenvalue weighted by atomic mass is 9.95. The van der Waals surface area contributed by atoms with Crippen LogP contribution in [0.15, 0.2) is 24.9 Å². The van der Waals surface area contributed by atoms with E-state index < -0.39 is 0 Å². The van der Waals surface area contributed by atoms with E-state index in [0.717, 1.165) is 29.7 Å². The highest BCUT2D eigenvalue weighted by Gasteiger charge is 2.35. The first kappa shape index (κ1) is 24.4. The van der Waals surface area contributed by atoms with E-state index in [9.17, 15) is 15.3 Å². The highest BCUT2D eigenvalue weighted by molar-refractivity contribution is 5.79. The van der Waals surface area contributed by atoms with Crippen LogP contribution in [0.3, 0.4) is 0 Å². The maximum Gasteiger partial charge on any atom is 0.248 e. The van der Waals surface area contributed by atoms with Gasteiger partial charge in [-0.3, -0.25) is 9.78 Å². The molecule has 35 heavy (non-hydrogen) atoms. The molecule has 0 bridgehead atoms. The molecule has 4 rings (SSSR count). The second-order valence-electron chi connectivity index (χ2n) is 9.43. The molecular formula is C27H30N6O2. The van der Waals surface area contributed by atoms with Gasteiger partial charge in [-0.05, 0) is 37.0 Å². The molecule has 3 heterocycles. The van der Waals surface area contributed by atoms with Crippen molar-refractivity contribution in [3.63, 3.8) is 0 Å². The molecule has 1 aliphatic carbocycles. The van der Waals surface area contributed by atoms with Crippen molar-refractivity contribution in [1.82, 2.24) is 14.9 Å². The summed E-state index contributed by atoms with van der Waals surface area (Å²) in [7, 11) is 1.53. The normalized spacial score (nSPS) is 17.7. The second kappa shape index (κ2) is 10.2. The first-order valence-corrected chi connectivity index (χ1v) is 11.9. The number of carbonyl (C=O) groups excluding carboxylic acids is 1. The first-order chi connectivity index (χ1) is 16.9. The number of pyridine rings is 2. The Labute approximate surface area is 206 Å². The smallest absolute Gasteiger partial charge is 0.248 e. The van der Waals surface area contributed by atoms with Gasteiger partial charge < -0.3 is 14.5 Å². The van der Waals surface area contributed by atoms with E-state index in [1.165, 1.54) is 7.11 Å². The number of hydrogen-bond acceptors (Lipinski definition) is 7. The van der Waals surface area contributed by atoms with Crippen molar-refractivity contribution < 1.29 is 9.53 Å². The highest BCUT2D eigenvalue weighted by Crippen LogP contribution is 2.45. The number of amides is 1. The van der Waals surface area contributed by atoms with E-state index in [-0.39, 0.29) is 24.5 Å². The second-order valence-corrected chi connectivity index (χ2v) is 9.43. The quantitative estimate of drug-likeness (QED) is 0.607. The van der Waals surface area contributed by atoms with Gasteiger partial charge in [0.2, 0.25) is 5.91 Å². The van der Waals surface area contributed by atoms with Crippen molar-refractivity contribution in [2.24, 2.45) is 5.92 Å². The van der Waals surface area contributed by atoms with Crippen molar-refractivity contribution in [1.29, 1.82) is 10.5 Å². The summed E-state index contributed by atoms with van der Waals surface area (Å²) >= 11 is 0. The average molecular weight is 471 g/mol. The predicted molar refractivity (Wildman–Crippen MR) is 133 cm³/mol. The van der Waals surface area contributed by atoms with Crippen LogP contribution in [0.1, 0.15) is 55.1 Å². The fraction of sp³-hybridized carbons (Fsp3) is 0.444. The lowest BCUT2D eigenvalue weighted by molar-refractivity contribution is -0.139. The SMILES string of the molecule is C=Cc1cc(-c2cc(C#N)c(N3CCN(C(=O)COC)C(C(C)C)C3)nc2C2CC2)c(C#N)cn1. The number of methoxy groups -OCH3 is 1. The molecule has 1 saturated heterocycles. The van der Waals surface area contributed by atoms with Crippen LogP contribution in [-0.2, 0) is 9.53 Å². The number of rotatable bonds is 7. The van der Waals surface area contributed by atoms with Gasteiger partial charge in [0.05, 0.1) is 28.6 Å². The number of aromatic nitrogens is 2. The molecule has 0 aromatic carbocycles. The summed E-state index contributed by atoms with van der Waals surface area (Å²) in [6, 6.07) is 8.25. The van der Waals surface area contributed by atoms with Crippen LogP contribution in [0.2, 0.25) is 0 Å². The van der Waals surface area contributed by atoms with Crippen molar-refractivity contribution in [2.75, 3.05) is 38.3 Å². The summed E-state index contributed by atoms with van der Waals surface area (Å²) in [5, 5.41) is 19.8. The Bertz CT molecular complexity index is 1220. The topological polar surface area (TPSA) is 106 Å². The predicted octanol–water partition coefficient (Wildman–Crippen LogP) is 3.73. The van der Waals surface area contributed by atoms with E-state index in [2.05, 4.69) is 42.4 Å². The molecule has 8 heteroatoms. The van der Waals surface area contributed by atoms with E-state index in [4.69, 9.17) is 9.72 Å². The van der Waals surface area contributed by atoms with Crippen molar-refractivity contribution in [3.8, 4) is 23.3 Å². The third-order valence-corrected chi connectivity index (χ3v) is 6.74. The molecule has 2 aliphatic rings. The molecular weight excluding hydrogens is 440 g/mol. The zero-order valence-electron chi connectivity index (χ0n) is 20.5. The minimum absolute atomic E-state index is 0.00988. The molecule has 2 aromatic rings. The number of nitriles is 2. The molecule has 0 radical (unpaired) electrons. The minimum atomic E-state index is -0.0203. The summed E-state index contributed by atoms with van der Waals surface area (Å²) in [5.74, 6) is 1.17. The fourth-order valence-corrected chi connectivity index (χ4v) is 4.71. The van der Waals surface area contributed by atoms with Crippen LogP contribution in [0.5, 0.6) is 0 Å². The zero-order valence-corrected chi connectivity index (χ0v) is 20.5. The molecule has 8 nitrogen and oxygen atoms in total. The Hall–Kier alpha value is -3.75. The standard InChI is InChI=1S/C27H30N6O2/c1-5-21-11-22(20(13-29)14-30-21)23-10-19(12-28)27(31-26(23)18-6-7-18)32-8-9-33(25(34)16-35-4)24(15-32)17(2)3/h5,10-11,14,17-18,24H,1,6-9,15-16H2,2-4H3. The monoisotopic (exact) mass is 470 g/mol. The Balaban J connectivity index is 1.77. The Kier molecular flexibility index (Phi) is 7.14. The number of hydrogen-bond donors (Lipinski definition) is 0. The lowest BCUT2D eigenvalue weighted by Crippen LogP contribution is -2.58. The third kappa shape index (κ3) is 4.89. The van der Waals surface area contributed by atoms with E-state index >= 15 is 0 Å². The third-order valence-electron chi connectivity index (χ3n) is 6.74. The molecule has 0 N–H and O–H groups in total. The van der Waals surface area contributed by atoms with Crippen molar-refractivity contribution in [2.45, 2.75) is 38.6 Å². The summed E-state index contributed by atoms with van der Waals surface area (Å²) in [6.45, 7) is 9.78. The molecule has 1 atom stereocenters. The largest absolute Gasteiger partial charge is 0.375 e. The fourth-order valence-electron chi connectivity index (χ4n) is 4.71. The summed E-state index contributed by atoms with van der Waals surface area (Å²) in [4.78, 5) is 26.0. The van der Waals surface area contributed by atoms with Crippen LogP contribution in [0.4, 0.5) is 5.82 Å². The Morgan fingerprint density at radius 2 is 1.97 bits per heavy atom. The lowest BCUT2D eigenvalue weighted by Gasteiger charge is -2.44. The van der Waals surface area contributed by atoms with Crippen LogP contribution >= 0.6 is 0 Å². The summed E-state index contributed by atoms with van der Waals surface area (Å²) < 4.78 is 5.08. The van der Waals surface area contributed by atoms with Gasteiger partial charge in [-0.2, -0.15) is 10.5 Å². The van der Waals surface area contributed by atoms with E-state index in [1.807, 2.05) is 17.0 Å². The number of piperazine rings is 1. The van der Waals surface area contributed by atoms with E-state index in [1.54, 1.807) is 12.3 Å². The number of ether oxygens (including phenoxy) is 1. The molecule has 1 amide bonds. The van der Waals surface area contributed by atoms with Crippen LogP contribution in [0.25, 0.3) is 17.2 Å². The molecule has 2 aromatic heterocycles. The van der Waals surface area contributed by atoms with Gasteiger partial charge in [0.1, 0.15) is 24.6 Å². The summed E-state index contributed by atoms with van der Waals surface area (Å²) in [5.41, 5.74) is 4.02. The van der Waals surface area contributed by atoms with Gasteiger partial charge in [-0.1, -0.05) is 20.4 Å². The molecule has 1 aliphatic heterocycles. The van der Waals surface area contributed by atoms with Crippen molar-refractivity contribution >= 4 is 17.8 Å². The Morgan fingerprint density at radius 1 is 1.23 bits per heavy atom. The maximum absolute atomic E-state index is 12.6. The van der Waals surface area contributed by atoms with E-state index in [0.29, 0.717) is 48.2 Å². The number of nitrogens with zero attached hydrogens (tertiary/aromatic N) is 6.